The number of hydrogen-bond donors (Lipinski definition) is 0. The standard InChI is InChI=1S/C12H13F2NO/c1-9(2)7-10-5-3-4-6-11(10)12(13,14)15-8-16/h3-6,9H,7H2,1-2H3. The van der Waals surface area contributed by atoms with Gasteiger partial charge in [0.15, 0.2) is 0 Å². The van der Waals surface area contributed by atoms with E-state index < -0.39 is 6.05 Å². The van der Waals surface area contributed by atoms with Crippen LogP contribution in [0.2, 0.25) is 0 Å². The molecule has 0 aromatic heterocycles. The topological polar surface area (TPSA) is 29.4 Å². The number of isocyanates is 1. The van der Waals surface area contributed by atoms with Gasteiger partial charge in [-0.1, -0.05) is 38.1 Å². The summed E-state index contributed by atoms with van der Waals surface area (Å²) in [5.41, 5.74) is 0.300. The van der Waals surface area contributed by atoms with Crippen LogP contribution in [0.15, 0.2) is 29.3 Å². The molecule has 1 aromatic carbocycles. The first-order valence-electron chi connectivity index (χ1n) is 5.02. The molecule has 1 aromatic rings. The third kappa shape index (κ3) is 2.97. The van der Waals surface area contributed by atoms with Gasteiger partial charge >= 0.3 is 6.05 Å². The van der Waals surface area contributed by atoms with Gasteiger partial charge in [0, 0.05) is 5.56 Å². The summed E-state index contributed by atoms with van der Waals surface area (Å²) in [6, 6.07) is 2.64. The summed E-state index contributed by atoms with van der Waals surface area (Å²) in [5, 5.41) is 0. The van der Waals surface area contributed by atoms with E-state index in [-0.39, 0.29) is 11.5 Å². The molecule has 0 N–H and O–H groups in total. The van der Waals surface area contributed by atoms with Gasteiger partial charge in [-0.15, -0.1) is 4.99 Å². The Morgan fingerprint density at radius 3 is 2.56 bits per heavy atom. The van der Waals surface area contributed by atoms with Crippen LogP contribution in [0.3, 0.4) is 0 Å². The first kappa shape index (κ1) is 12.5. The molecule has 0 radical (unpaired) electrons. The molecule has 0 saturated heterocycles. The van der Waals surface area contributed by atoms with E-state index in [0.29, 0.717) is 12.0 Å². The molecular weight excluding hydrogens is 212 g/mol. The maximum Gasteiger partial charge on any atom is 0.379 e. The van der Waals surface area contributed by atoms with E-state index in [0.717, 1.165) is 6.08 Å². The van der Waals surface area contributed by atoms with Crippen molar-refractivity contribution < 1.29 is 13.6 Å². The monoisotopic (exact) mass is 225 g/mol. The Kier molecular flexibility index (Phi) is 3.91. The van der Waals surface area contributed by atoms with Crippen LogP contribution >= 0.6 is 0 Å². The molecule has 0 atom stereocenters. The number of alkyl halides is 2. The van der Waals surface area contributed by atoms with Crippen LogP contribution in [0, 0.1) is 5.92 Å². The van der Waals surface area contributed by atoms with Crippen LogP contribution in [0.4, 0.5) is 8.78 Å². The fourth-order valence-corrected chi connectivity index (χ4v) is 1.55. The summed E-state index contributed by atoms with van der Waals surface area (Å²) >= 11 is 0. The van der Waals surface area contributed by atoms with Crippen LogP contribution in [-0.4, -0.2) is 6.08 Å². The highest BCUT2D eigenvalue weighted by atomic mass is 19.3. The Morgan fingerprint density at radius 1 is 1.38 bits per heavy atom. The zero-order valence-electron chi connectivity index (χ0n) is 9.21. The van der Waals surface area contributed by atoms with E-state index in [2.05, 4.69) is 4.99 Å². The van der Waals surface area contributed by atoms with Crippen LogP contribution in [-0.2, 0) is 17.3 Å². The molecule has 0 unspecified atom stereocenters. The average molecular weight is 225 g/mol. The fourth-order valence-electron chi connectivity index (χ4n) is 1.55. The maximum atomic E-state index is 13.4. The first-order chi connectivity index (χ1) is 7.47. The Labute approximate surface area is 93.0 Å². The molecule has 1 rings (SSSR count). The molecule has 0 aliphatic heterocycles. The predicted molar refractivity (Wildman–Crippen MR) is 57.0 cm³/mol. The van der Waals surface area contributed by atoms with Gasteiger partial charge in [0.25, 0.3) is 0 Å². The molecule has 0 saturated carbocycles. The summed E-state index contributed by atoms with van der Waals surface area (Å²) in [7, 11) is 0. The molecule has 16 heavy (non-hydrogen) atoms. The fraction of sp³-hybridized carbons (Fsp3) is 0.417. The van der Waals surface area contributed by atoms with E-state index in [1.165, 1.54) is 12.1 Å². The molecule has 0 spiro atoms. The number of aliphatic imine (C=N–C) groups is 1. The molecule has 0 heterocycles. The minimum atomic E-state index is -3.48. The summed E-state index contributed by atoms with van der Waals surface area (Å²) < 4.78 is 26.9. The van der Waals surface area contributed by atoms with Crippen molar-refractivity contribution in [3.8, 4) is 0 Å². The second kappa shape index (κ2) is 4.99. The number of nitrogens with zero attached hydrogens (tertiary/aromatic N) is 1. The SMILES string of the molecule is CC(C)Cc1ccccc1C(F)(F)N=C=O. The molecule has 2 nitrogen and oxygen atoms in total. The van der Waals surface area contributed by atoms with Gasteiger partial charge in [-0.25, -0.2) is 4.79 Å². The lowest BCUT2D eigenvalue weighted by molar-refractivity contribution is 0.00516. The van der Waals surface area contributed by atoms with Crippen molar-refractivity contribution in [2.24, 2.45) is 10.9 Å². The smallest absolute Gasteiger partial charge is 0.211 e. The summed E-state index contributed by atoms with van der Waals surface area (Å²) in [6.07, 6.45) is 1.44. The van der Waals surface area contributed by atoms with Gasteiger partial charge in [-0.2, -0.15) is 8.78 Å². The lowest BCUT2D eigenvalue weighted by Crippen LogP contribution is -2.13. The maximum absolute atomic E-state index is 13.4. The summed E-state index contributed by atoms with van der Waals surface area (Å²) in [5.74, 6) is 0.261. The Bertz CT molecular complexity index is 409. The predicted octanol–water partition coefficient (Wildman–Crippen LogP) is 3.27. The van der Waals surface area contributed by atoms with Gasteiger partial charge in [0.2, 0.25) is 6.08 Å². The quantitative estimate of drug-likeness (QED) is 0.439. The van der Waals surface area contributed by atoms with Crippen LogP contribution in [0.5, 0.6) is 0 Å². The Hall–Kier alpha value is -1.54. The van der Waals surface area contributed by atoms with Crippen molar-refractivity contribution in [1.82, 2.24) is 0 Å². The van der Waals surface area contributed by atoms with Crippen molar-refractivity contribution in [3.05, 3.63) is 35.4 Å². The molecule has 0 aliphatic rings. The lowest BCUT2D eigenvalue weighted by Gasteiger charge is -2.15. The van der Waals surface area contributed by atoms with E-state index in [9.17, 15) is 13.6 Å². The summed E-state index contributed by atoms with van der Waals surface area (Å²) in [6.45, 7) is 3.88. The third-order valence-corrected chi connectivity index (χ3v) is 2.16. The minimum Gasteiger partial charge on any atom is -0.211 e. The van der Waals surface area contributed by atoms with Crippen molar-refractivity contribution in [1.29, 1.82) is 0 Å². The number of hydrogen-bond acceptors (Lipinski definition) is 2. The highest BCUT2D eigenvalue weighted by molar-refractivity contribution is 5.38. The van der Waals surface area contributed by atoms with Crippen molar-refractivity contribution in [3.63, 3.8) is 0 Å². The highest BCUT2D eigenvalue weighted by Gasteiger charge is 2.33. The van der Waals surface area contributed by atoms with Crippen molar-refractivity contribution in [2.75, 3.05) is 0 Å². The van der Waals surface area contributed by atoms with Gasteiger partial charge in [0.05, 0.1) is 0 Å². The van der Waals surface area contributed by atoms with Crippen LogP contribution in [0.25, 0.3) is 0 Å². The lowest BCUT2D eigenvalue weighted by atomic mass is 9.97. The first-order valence-corrected chi connectivity index (χ1v) is 5.02. The Balaban J connectivity index is 3.17. The van der Waals surface area contributed by atoms with Gasteiger partial charge in [0.1, 0.15) is 0 Å². The van der Waals surface area contributed by atoms with E-state index in [1.807, 2.05) is 13.8 Å². The normalized spacial score (nSPS) is 11.3. The third-order valence-electron chi connectivity index (χ3n) is 2.16. The summed E-state index contributed by atoms with van der Waals surface area (Å²) in [4.78, 5) is 12.5. The number of rotatable bonds is 4. The number of halogens is 2. The zero-order chi connectivity index (χ0) is 12.2. The second-order valence-corrected chi connectivity index (χ2v) is 4.00. The zero-order valence-corrected chi connectivity index (χ0v) is 9.21. The van der Waals surface area contributed by atoms with E-state index >= 15 is 0 Å². The van der Waals surface area contributed by atoms with Crippen molar-refractivity contribution >= 4 is 6.08 Å². The largest absolute Gasteiger partial charge is 0.379 e. The molecule has 86 valence electrons. The van der Waals surface area contributed by atoms with Gasteiger partial charge in [-0.05, 0) is 17.9 Å². The molecular formula is C12H13F2NO. The van der Waals surface area contributed by atoms with Crippen LogP contribution < -0.4 is 0 Å². The number of benzene rings is 1. The van der Waals surface area contributed by atoms with E-state index in [4.69, 9.17) is 0 Å². The molecule has 0 bridgehead atoms. The van der Waals surface area contributed by atoms with Gasteiger partial charge in [-0.3, -0.25) is 0 Å². The molecule has 0 amide bonds. The number of carbonyl (C=O) groups excluding carboxylic acids is 1. The second-order valence-electron chi connectivity index (χ2n) is 4.00. The minimum absolute atomic E-state index is 0.216. The molecule has 0 fully saturated rings. The highest BCUT2D eigenvalue weighted by Crippen LogP contribution is 2.32. The average Bonchev–Trinajstić information content (AvgIpc) is 2.17. The van der Waals surface area contributed by atoms with Crippen molar-refractivity contribution in [2.45, 2.75) is 26.3 Å². The molecule has 4 heteroatoms. The Morgan fingerprint density at radius 2 is 2.00 bits per heavy atom. The van der Waals surface area contributed by atoms with Crippen LogP contribution in [0.1, 0.15) is 25.0 Å². The molecule has 0 aliphatic carbocycles. The van der Waals surface area contributed by atoms with E-state index in [1.54, 1.807) is 12.1 Å². The van der Waals surface area contributed by atoms with Gasteiger partial charge < -0.3 is 0 Å².